The van der Waals surface area contributed by atoms with Crippen molar-refractivity contribution in [3.05, 3.63) is 83.9 Å². The highest BCUT2D eigenvalue weighted by molar-refractivity contribution is 6.10. The van der Waals surface area contributed by atoms with E-state index in [-0.39, 0.29) is 11.1 Å². The van der Waals surface area contributed by atoms with E-state index in [0.29, 0.717) is 12.2 Å². The van der Waals surface area contributed by atoms with Crippen molar-refractivity contribution >= 4 is 17.6 Å². The second-order valence-corrected chi connectivity index (χ2v) is 5.24. The number of carboxylic acid groups (broad SMARTS) is 1. The molecule has 3 rings (SSSR count). The van der Waals surface area contributed by atoms with E-state index >= 15 is 0 Å². The quantitative estimate of drug-likeness (QED) is 0.757. The molecule has 0 aliphatic heterocycles. The molecule has 6 nitrogen and oxygen atoms in total. The van der Waals surface area contributed by atoms with Crippen LogP contribution in [0.15, 0.2) is 67.3 Å². The van der Waals surface area contributed by atoms with Gasteiger partial charge in [-0.1, -0.05) is 24.3 Å². The smallest absolute Gasteiger partial charge is 0.336 e. The van der Waals surface area contributed by atoms with Crippen molar-refractivity contribution in [2.24, 2.45) is 0 Å². The van der Waals surface area contributed by atoms with E-state index in [1.165, 1.54) is 12.1 Å². The normalized spacial score (nSPS) is 10.3. The molecule has 0 spiro atoms. The Hall–Kier alpha value is -3.41. The lowest BCUT2D eigenvalue weighted by Crippen LogP contribution is -2.16. The lowest BCUT2D eigenvalue weighted by Gasteiger charge is -2.09. The first-order valence-corrected chi connectivity index (χ1v) is 7.32. The Morgan fingerprint density at radius 2 is 1.75 bits per heavy atom. The number of hydrogen-bond donors (Lipinski definition) is 2. The van der Waals surface area contributed by atoms with Gasteiger partial charge in [-0.25, -0.2) is 9.78 Å². The summed E-state index contributed by atoms with van der Waals surface area (Å²) in [7, 11) is 0. The highest BCUT2D eigenvalue weighted by atomic mass is 16.4. The first-order chi connectivity index (χ1) is 11.6. The number of carbonyl (C=O) groups excluding carboxylic acids is 1. The molecular formula is C18H15N3O3. The number of amides is 1. The number of rotatable bonds is 5. The SMILES string of the molecule is O=C(O)c1ccccc1C(=O)Nc1ccc(Cn2ccnc2)cc1. The van der Waals surface area contributed by atoms with Crippen LogP contribution in [-0.4, -0.2) is 26.5 Å². The molecule has 1 aromatic heterocycles. The summed E-state index contributed by atoms with van der Waals surface area (Å²) in [5.74, 6) is -1.58. The molecule has 0 radical (unpaired) electrons. The van der Waals surface area contributed by atoms with Crippen LogP contribution in [0.4, 0.5) is 5.69 Å². The van der Waals surface area contributed by atoms with Gasteiger partial charge in [-0.2, -0.15) is 0 Å². The number of aromatic carboxylic acids is 1. The fourth-order valence-corrected chi connectivity index (χ4v) is 2.35. The van der Waals surface area contributed by atoms with Crippen LogP contribution in [-0.2, 0) is 6.54 Å². The largest absolute Gasteiger partial charge is 0.478 e. The van der Waals surface area contributed by atoms with Crippen LogP contribution in [0.25, 0.3) is 0 Å². The molecule has 0 atom stereocenters. The van der Waals surface area contributed by atoms with Gasteiger partial charge in [0, 0.05) is 24.6 Å². The Balaban J connectivity index is 1.72. The molecule has 0 saturated carbocycles. The summed E-state index contributed by atoms with van der Waals surface area (Å²) in [5.41, 5.74) is 1.78. The average Bonchev–Trinajstić information content (AvgIpc) is 3.09. The van der Waals surface area contributed by atoms with Gasteiger partial charge in [0.05, 0.1) is 17.5 Å². The van der Waals surface area contributed by atoms with E-state index in [9.17, 15) is 9.59 Å². The van der Waals surface area contributed by atoms with Gasteiger partial charge in [0.2, 0.25) is 0 Å². The third-order valence-electron chi connectivity index (χ3n) is 3.54. The van der Waals surface area contributed by atoms with Crippen molar-refractivity contribution in [3.8, 4) is 0 Å². The fourth-order valence-electron chi connectivity index (χ4n) is 2.35. The number of carboxylic acids is 1. The topological polar surface area (TPSA) is 84.2 Å². The lowest BCUT2D eigenvalue weighted by atomic mass is 10.1. The summed E-state index contributed by atoms with van der Waals surface area (Å²) in [5, 5.41) is 11.9. The summed E-state index contributed by atoms with van der Waals surface area (Å²) in [6.45, 7) is 0.691. The molecule has 0 aliphatic rings. The molecule has 2 aromatic carbocycles. The molecule has 0 unspecified atom stereocenters. The molecule has 0 bridgehead atoms. The van der Waals surface area contributed by atoms with E-state index in [1.54, 1.807) is 36.8 Å². The Morgan fingerprint density at radius 1 is 1.04 bits per heavy atom. The minimum Gasteiger partial charge on any atom is -0.478 e. The van der Waals surface area contributed by atoms with Crippen LogP contribution in [0.2, 0.25) is 0 Å². The van der Waals surface area contributed by atoms with Crippen molar-refractivity contribution in [3.63, 3.8) is 0 Å². The van der Waals surface area contributed by atoms with E-state index in [0.717, 1.165) is 5.56 Å². The van der Waals surface area contributed by atoms with Gasteiger partial charge < -0.3 is 15.0 Å². The summed E-state index contributed by atoms with van der Waals surface area (Å²) in [4.78, 5) is 27.5. The minimum atomic E-state index is -1.13. The zero-order valence-corrected chi connectivity index (χ0v) is 12.7. The Morgan fingerprint density at radius 3 is 2.38 bits per heavy atom. The first kappa shape index (κ1) is 15.5. The summed E-state index contributed by atoms with van der Waals surface area (Å²) in [6, 6.07) is 13.5. The van der Waals surface area contributed by atoms with Crippen LogP contribution < -0.4 is 5.32 Å². The fraction of sp³-hybridized carbons (Fsp3) is 0.0556. The maximum Gasteiger partial charge on any atom is 0.336 e. The molecule has 120 valence electrons. The number of nitrogens with one attached hydrogen (secondary N) is 1. The van der Waals surface area contributed by atoms with E-state index < -0.39 is 11.9 Å². The van der Waals surface area contributed by atoms with Gasteiger partial charge in [-0.3, -0.25) is 4.79 Å². The lowest BCUT2D eigenvalue weighted by molar-refractivity contribution is 0.0692. The van der Waals surface area contributed by atoms with E-state index in [4.69, 9.17) is 5.11 Å². The van der Waals surface area contributed by atoms with Crippen LogP contribution >= 0.6 is 0 Å². The van der Waals surface area contributed by atoms with Crippen molar-refractivity contribution in [2.45, 2.75) is 6.54 Å². The zero-order chi connectivity index (χ0) is 16.9. The van der Waals surface area contributed by atoms with Gasteiger partial charge in [-0.05, 0) is 29.8 Å². The first-order valence-electron chi connectivity index (χ1n) is 7.32. The summed E-state index contributed by atoms with van der Waals surface area (Å²) >= 11 is 0. The maximum atomic E-state index is 12.3. The van der Waals surface area contributed by atoms with Gasteiger partial charge in [-0.15, -0.1) is 0 Å². The number of nitrogens with zero attached hydrogens (tertiary/aromatic N) is 2. The third kappa shape index (κ3) is 3.49. The van der Waals surface area contributed by atoms with Gasteiger partial charge in [0.25, 0.3) is 5.91 Å². The number of carbonyl (C=O) groups is 2. The standard InChI is InChI=1S/C18H15N3O3/c22-17(15-3-1-2-4-16(15)18(23)24)20-14-7-5-13(6-8-14)11-21-10-9-19-12-21/h1-10,12H,11H2,(H,20,22)(H,23,24). The van der Waals surface area contributed by atoms with Crippen LogP contribution in [0.1, 0.15) is 26.3 Å². The maximum absolute atomic E-state index is 12.3. The van der Waals surface area contributed by atoms with Crippen molar-refractivity contribution in [1.29, 1.82) is 0 Å². The second kappa shape index (κ2) is 6.78. The molecular weight excluding hydrogens is 306 g/mol. The minimum absolute atomic E-state index is 0.0215. The Labute approximate surface area is 138 Å². The molecule has 1 amide bonds. The molecule has 3 aromatic rings. The van der Waals surface area contributed by atoms with Gasteiger partial charge in [0.15, 0.2) is 0 Å². The third-order valence-corrected chi connectivity index (χ3v) is 3.54. The molecule has 24 heavy (non-hydrogen) atoms. The van der Waals surface area contributed by atoms with Crippen LogP contribution in [0.5, 0.6) is 0 Å². The van der Waals surface area contributed by atoms with Gasteiger partial charge >= 0.3 is 5.97 Å². The summed E-state index contributed by atoms with van der Waals surface area (Å²) in [6.07, 6.45) is 5.32. The molecule has 0 fully saturated rings. The number of anilines is 1. The number of imidazole rings is 1. The van der Waals surface area contributed by atoms with Crippen molar-refractivity contribution in [1.82, 2.24) is 9.55 Å². The Kier molecular flexibility index (Phi) is 4.38. The number of aromatic nitrogens is 2. The highest BCUT2D eigenvalue weighted by Gasteiger charge is 2.15. The number of hydrogen-bond acceptors (Lipinski definition) is 3. The highest BCUT2D eigenvalue weighted by Crippen LogP contribution is 2.15. The zero-order valence-electron chi connectivity index (χ0n) is 12.7. The summed E-state index contributed by atoms with van der Waals surface area (Å²) < 4.78 is 1.94. The molecule has 2 N–H and O–H groups in total. The van der Waals surface area contributed by atoms with Crippen molar-refractivity contribution in [2.75, 3.05) is 5.32 Å². The Bertz CT molecular complexity index is 855. The van der Waals surface area contributed by atoms with Crippen molar-refractivity contribution < 1.29 is 14.7 Å². The average molecular weight is 321 g/mol. The second-order valence-electron chi connectivity index (χ2n) is 5.24. The van der Waals surface area contributed by atoms with Crippen LogP contribution in [0, 0.1) is 0 Å². The monoisotopic (exact) mass is 321 g/mol. The molecule has 6 heteroatoms. The molecule has 0 aliphatic carbocycles. The number of benzene rings is 2. The van der Waals surface area contributed by atoms with Gasteiger partial charge in [0.1, 0.15) is 0 Å². The van der Waals surface area contributed by atoms with E-state index in [2.05, 4.69) is 10.3 Å². The predicted octanol–water partition coefficient (Wildman–Crippen LogP) is 2.88. The molecule has 0 saturated heterocycles. The van der Waals surface area contributed by atoms with Crippen LogP contribution in [0.3, 0.4) is 0 Å². The molecule has 1 heterocycles. The van der Waals surface area contributed by atoms with E-state index in [1.807, 2.05) is 22.9 Å². The predicted molar refractivity (Wildman–Crippen MR) is 89.1 cm³/mol.